The van der Waals surface area contributed by atoms with E-state index < -0.39 is 0 Å². The molecule has 0 saturated heterocycles. The number of aromatic hydroxyl groups is 1. The maximum Gasteiger partial charge on any atom is 0.142 e. The molecule has 0 heterocycles. The average molecular weight is 356 g/mol. The molecule has 4 nitrogen and oxygen atoms in total. The Labute approximate surface area is 157 Å². The third kappa shape index (κ3) is 5.07. The van der Waals surface area contributed by atoms with Crippen molar-refractivity contribution in [1.29, 1.82) is 10.8 Å². The van der Waals surface area contributed by atoms with Gasteiger partial charge < -0.3 is 10.8 Å². The molecule has 26 heavy (non-hydrogen) atoms. The second-order valence-electron chi connectivity index (χ2n) is 7.98. The highest BCUT2D eigenvalue weighted by Crippen LogP contribution is 2.41. The van der Waals surface area contributed by atoms with Crippen molar-refractivity contribution in [2.24, 2.45) is 0 Å². The predicted molar refractivity (Wildman–Crippen MR) is 113 cm³/mol. The molecule has 0 fully saturated rings. The normalized spacial score (nSPS) is 14.2. The molecule has 4 heteroatoms. The molecule has 0 unspecified atom stereocenters. The van der Waals surface area contributed by atoms with Crippen LogP contribution in [0, 0.1) is 10.8 Å². The summed E-state index contributed by atoms with van der Waals surface area (Å²) in [4.78, 5) is 0. The fourth-order valence-corrected chi connectivity index (χ4v) is 2.44. The first-order chi connectivity index (χ1) is 12.0. The van der Waals surface area contributed by atoms with Crippen molar-refractivity contribution in [2.75, 3.05) is 5.73 Å². The second kappa shape index (κ2) is 8.35. The van der Waals surface area contributed by atoms with Gasteiger partial charge in [-0.05, 0) is 47.5 Å². The zero-order chi connectivity index (χ0) is 20.1. The smallest absolute Gasteiger partial charge is 0.142 e. The van der Waals surface area contributed by atoms with Gasteiger partial charge in [-0.2, -0.15) is 0 Å². The van der Waals surface area contributed by atoms with Gasteiger partial charge in [0.25, 0.3) is 0 Å². The van der Waals surface area contributed by atoms with E-state index in [4.69, 9.17) is 16.6 Å². The molecule has 0 aliphatic heterocycles. The fraction of sp³-hybridized carbons (Fsp3) is 0.455. The van der Waals surface area contributed by atoms with E-state index in [1.54, 1.807) is 24.3 Å². The lowest BCUT2D eigenvalue weighted by Crippen LogP contribution is -2.21. The summed E-state index contributed by atoms with van der Waals surface area (Å²) in [5, 5.41) is 24.3. The molecule has 142 valence electrons. The van der Waals surface area contributed by atoms with E-state index in [0.717, 1.165) is 18.4 Å². The second-order valence-corrected chi connectivity index (χ2v) is 7.98. The zero-order valence-electron chi connectivity index (χ0n) is 16.9. The van der Waals surface area contributed by atoms with Crippen molar-refractivity contribution in [3.8, 4) is 5.75 Å². The molecule has 2 rings (SSSR count). The topological polar surface area (TPSA) is 93.9 Å². The van der Waals surface area contributed by atoms with Crippen LogP contribution in [0.5, 0.6) is 5.75 Å². The zero-order valence-corrected chi connectivity index (χ0v) is 16.9. The predicted octanol–water partition coefficient (Wildman–Crippen LogP) is 5.50. The molecule has 1 aliphatic rings. The molecule has 1 aromatic carbocycles. The van der Waals surface area contributed by atoms with E-state index in [0.29, 0.717) is 5.69 Å². The molecule has 1 aliphatic carbocycles. The number of hydrogen-bond acceptors (Lipinski definition) is 4. The summed E-state index contributed by atoms with van der Waals surface area (Å²) in [6.45, 7) is 13.0. The third-order valence-electron chi connectivity index (χ3n) is 5.34. The van der Waals surface area contributed by atoms with Crippen molar-refractivity contribution < 1.29 is 5.11 Å². The van der Waals surface area contributed by atoms with Crippen LogP contribution in [0.15, 0.2) is 36.4 Å². The van der Waals surface area contributed by atoms with Crippen LogP contribution in [-0.4, -0.2) is 16.5 Å². The van der Waals surface area contributed by atoms with E-state index in [1.165, 1.54) is 5.56 Å². The first kappa shape index (κ1) is 21.7. The molecule has 0 amide bonds. The molecule has 0 spiro atoms. The van der Waals surface area contributed by atoms with Crippen LogP contribution in [-0.2, 0) is 10.8 Å². The van der Waals surface area contributed by atoms with Crippen molar-refractivity contribution >= 4 is 17.1 Å². The van der Waals surface area contributed by atoms with E-state index >= 15 is 0 Å². The molecular weight excluding hydrogens is 322 g/mol. The van der Waals surface area contributed by atoms with Crippen LogP contribution in [0.2, 0.25) is 0 Å². The summed E-state index contributed by atoms with van der Waals surface area (Å²) in [6, 6.07) is 4.03. The summed E-state index contributed by atoms with van der Waals surface area (Å²) in [5.41, 5.74) is 9.23. The largest absolute Gasteiger partial charge is 0.505 e. The molecule has 0 aromatic heterocycles. The minimum absolute atomic E-state index is 0.0575. The van der Waals surface area contributed by atoms with E-state index in [9.17, 15) is 5.11 Å². The Balaban J connectivity index is 0.000000350. The summed E-state index contributed by atoms with van der Waals surface area (Å²) in [5.74, 6) is 0.248. The Morgan fingerprint density at radius 2 is 1.35 bits per heavy atom. The van der Waals surface area contributed by atoms with Gasteiger partial charge in [-0.25, -0.2) is 0 Å². The van der Waals surface area contributed by atoms with Crippen LogP contribution in [0.25, 0.3) is 0 Å². The summed E-state index contributed by atoms with van der Waals surface area (Å²) >= 11 is 0. The highest BCUT2D eigenvalue weighted by molar-refractivity contribution is 6.48. The number of anilines is 1. The number of benzene rings is 1. The van der Waals surface area contributed by atoms with Crippen LogP contribution >= 0.6 is 0 Å². The minimum atomic E-state index is -0.0575. The number of hydrogen-bond donors (Lipinski definition) is 4. The van der Waals surface area contributed by atoms with Gasteiger partial charge in [0.2, 0.25) is 0 Å². The van der Waals surface area contributed by atoms with Crippen LogP contribution in [0.3, 0.4) is 0 Å². The quantitative estimate of drug-likeness (QED) is 0.326. The number of phenolic OH excluding ortho intramolecular Hbond substituents is 1. The number of nitrogens with two attached hydrogens (primary N) is 1. The minimum Gasteiger partial charge on any atom is -0.505 e. The molecule has 0 radical (unpaired) electrons. The molecule has 1 aromatic rings. The maximum absolute atomic E-state index is 10.2. The average Bonchev–Trinajstić information content (AvgIpc) is 2.60. The molecule has 5 N–H and O–H groups in total. The number of nitrogens with one attached hydrogen (secondary N) is 2. The molecular formula is C22H33N3O. The molecule has 0 bridgehead atoms. The lowest BCUT2D eigenvalue weighted by Gasteiger charge is -2.30. The van der Waals surface area contributed by atoms with Crippen molar-refractivity contribution in [3.05, 3.63) is 47.6 Å². The lowest BCUT2D eigenvalue weighted by molar-refractivity contribution is 0.427. The standard InChI is InChI=1S/C16H27NO.C6H6N2/c1-7-15(3,4)11-9-12(16(5,6)8-2)14(18)13(17)10-11;7-5-3-1-2-4-6(5)8/h9-10,18H,7-8,17H2,1-6H3;1-4,7-8H. The van der Waals surface area contributed by atoms with Gasteiger partial charge in [0.15, 0.2) is 0 Å². The van der Waals surface area contributed by atoms with Gasteiger partial charge in [-0.15, -0.1) is 0 Å². The first-order valence-corrected chi connectivity index (χ1v) is 9.12. The summed E-state index contributed by atoms with van der Waals surface area (Å²) in [7, 11) is 0. The Morgan fingerprint density at radius 1 is 0.885 bits per heavy atom. The molecule has 0 saturated carbocycles. The van der Waals surface area contributed by atoms with Crippen molar-refractivity contribution in [2.45, 2.75) is 65.2 Å². The number of phenols is 1. The Bertz CT molecular complexity index is 718. The van der Waals surface area contributed by atoms with Crippen LogP contribution < -0.4 is 5.73 Å². The van der Waals surface area contributed by atoms with Gasteiger partial charge in [0.05, 0.1) is 17.1 Å². The number of allylic oxidation sites excluding steroid dienone is 4. The lowest BCUT2D eigenvalue weighted by atomic mass is 9.76. The molecule has 0 atom stereocenters. The monoisotopic (exact) mass is 355 g/mol. The van der Waals surface area contributed by atoms with E-state index in [-0.39, 0.29) is 28.0 Å². The Hall–Kier alpha value is -2.36. The highest BCUT2D eigenvalue weighted by Gasteiger charge is 2.27. The third-order valence-corrected chi connectivity index (χ3v) is 5.34. The van der Waals surface area contributed by atoms with Crippen molar-refractivity contribution in [3.63, 3.8) is 0 Å². The van der Waals surface area contributed by atoms with Crippen LogP contribution in [0.1, 0.15) is 65.5 Å². The highest BCUT2D eigenvalue weighted by atomic mass is 16.3. The number of nitrogen functional groups attached to an aromatic ring is 1. The van der Waals surface area contributed by atoms with Gasteiger partial charge in [0.1, 0.15) is 5.75 Å². The van der Waals surface area contributed by atoms with Gasteiger partial charge in [0, 0.05) is 5.56 Å². The van der Waals surface area contributed by atoms with Gasteiger partial charge >= 0.3 is 0 Å². The fourth-order valence-electron chi connectivity index (χ4n) is 2.44. The Morgan fingerprint density at radius 3 is 1.73 bits per heavy atom. The van der Waals surface area contributed by atoms with Gasteiger partial charge in [-0.1, -0.05) is 59.8 Å². The van der Waals surface area contributed by atoms with Gasteiger partial charge in [-0.3, -0.25) is 10.8 Å². The maximum atomic E-state index is 10.2. The summed E-state index contributed by atoms with van der Waals surface area (Å²) in [6.07, 6.45) is 8.71. The number of rotatable bonds is 4. The Kier molecular flexibility index (Phi) is 6.96. The SMILES string of the molecule is CCC(C)(C)c1cc(N)c(O)c(C(C)(C)CC)c1.N=C1C=CC=CC1=N. The van der Waals surface area contributed by atoms with E-state index in [2.05, 4.69) is 47.6 Å². The van der Waals surface area contributed by atoms with E-state index in [1.807, 2.05) is 6.07 Å². The van der Waals surface area contributed by atoms with Crippen molar-refractivity contribution in [1.82, 2.24) is 0 Å². The first-order valence-electron chi connectivity index (χ1n) is 9.12. The van der Waals surface area contributed by atoms with Crippen LogP contribution in [0.4, 0.5) is 5.69 Å². The summed E-state index contributed by atoms with van der Waals surface area (Å²) < 4.78 is 0.